The van der Waals surface area contributed by atoms with E-state index in [1.165, 1.54) is 6.42 Å². The number of nitrogens with zero attached hydrogens (tertiary/aromatic N) is 3. The van der Waals surface area contributed by atoms with Crippen LogP contribution in [0.4, 0.5) is 17.5 Å². The number of aromatic nitrogens is 2. The molecular formula is C11H17N5O2. The number of anilines is 2. The van der Waals surface area contributed by atoms with Crippen molar-refractivity contribution in [3.63, 3.8) is 0 Å². The van der Waals surface area contributed by atoms with Crippen molar-refractivity contribution in [2.75, 3.05) is 17.6 Å². The highest BCUT2D eigenvalue weighted by molar-refractivity contribution is 5.60. The fourth-order valence-corrected chi connectivity index (χ4v) is 2.18. The minimum Gasteiger partial charge on any atom is -0.368 e. The van der Waals surface area contributed by atoms with Gasteiger partial charge in [0.05, 0.1) is 4.92 Å². The smallest absolute Gasteiger partial charge is 0.332 e. The van der Waals surface area contributed by atoms with Gasteiger partial charge in [-0.15, -0.1) is 0 Å². The molecule has 2 rings (SSSR count). The molecule has 0 spiro atoms. The summed E-state index contributed by atoms with van der Waals surface area (Å²) in [6.45, 7) is 4.39. The molecule has 0 amide bonds. The lowest BCUT2D eigenvalue weighted by Crippen LogP contribution is -2.33. The number of hydrogen-bond acceptors (Lipinski definition) is 6. The van der Waals surface area contributed by atoms with Gasteiger partial charge in [-0.2, -0.15) is 4.98 Å². The molecule has 1 fully saturated rings. The van der Waals surface area contributed by atoms with Crippen LogP contribution in [-0.4, -0.2) is 21.4 Å². The van der Waals surface area contributed by atoms with Crippen molar-refractivity contribution in [1.82, 2.24) is 9.97 Å². The van der Waals surface area contributed by atoms with E-state index >= 15 is 0 Å². The molecule has 7 heteroatoms. The summed E-state index contributed by atoms with van der Waals surface area (Å²) in [7, 11) is 0. The molecule has 0 bridgehead atoms. The average Bonchev–Trinajstić information content (AvgIpc) is 2.22. The summed E-state index contributed by atoms with van der Waals surface area (Å²) in [4.78, 5) is 18.3. The summed E-state index contributed by atoms with van der Waals surface area (Å²) in [5.74, 6) is 0.275. The third-order valence-electron chi connectivity index (χ3n) is 3.50. The van der Waals surface area contributed by atoms with Crippen molar-refractivity contribution >= 4 is 17.5 Å². The van der Waals surface area contributed by atoms with Gasteiger partial charge in [-0.25, -0.2) is 4.98 Å². The predicted octanol–water partition coefficient (Wildman–Crippen LogP) is 1.88. The largest absolute Gasteiger partial charge is 0.368 e. The maximum atomic E-state index is 11.0. The number of nitrogens with two attached hydrogens (primary N) is 1. The molecule has 1 saturated carbocycles. The quantitative estimate of drug-likeness (QED) is 0.625. The van der Waals surface area contributed by atoms with Crippen LogP contribution in [0.3, 0.4) is 0 Å². The van der Waals surface area contributed by atoms with E-state index in [1.807, 2.05) is 0 Å². The Bertz CT molecular complexity index is 485. The highest BCUT2D eigenvalue weighted by Crippen LogP contribution is 2.40. The monoisotopic (exact) mass is 251 g/mol. The first kappa shape index (κ1) is 12.5. The highest BCUT2D eigenvalue weighted by Gasteiger charge is 2.32. The fraction of sp³-hybridized carbons (Fsp3) is 0.636. The first-order valence-corrected chi connectivity index (χ1v) is 5.94. The molecule has 1 aliphatic carbocycles. The van der Waals surface area contributed by atoms with Gasteiger partial charge in [0.1, 0.15) is 5.69 Å². The average molecular weight is 251 g/mol. The summed E-state index contributed by atoms with van der Waals surface area (Å²) in [5.41, 5.74) is 5.93. The number of rotatable bonds is 4. The van der Waals surface area contributed by atoms with Crippen LogP contribution < -0.4 is 11.1 Å². The maximum Gasteiger partial charge on any atom is 0.332 e. The maximum absolute atomic E-state index is 11.0. The second-order valence-corrected chi connectivity index (χ2v) is 5.14. The molecule has 1 aromatic rings. The van der Waals surface area contributed by atoms with Crippen molar-refractivity contribution < 1.29 is 4.92 Å². The molecule has 1 heterocycles. The summed E-state index contributed by atoms with van der Waals surface area (Å²) in [6, 6.07) is 0. The third-order valence-corrected chi connectivity index (χ3v) is 3.50. The third kappa shape index (κ3) is 2.34. The van der Waals surface area contributed by atoms with Crippen LogP contribution in [-0.2, 0) is 0 Å². The second-order valence-electron chi connectivity index (χ2n) is 5.14. The zero-order valence-electron chi connectivity index (χ0n) is 10.6. The molecule has 98 valence electrons. The number of nitrogens with one attached hydrogen (secondary N) is 1. The molecule has 0 atom stereocenters. The van der Waals surface area contributed by atoms with Crippen LogP contribution in [0.15, 0.2) is 0 Å². The van der Waals surface area contributed by atoms with Crippen LogP contribution in [0, 0.1) is 22.5 Å². The highest BCUT2D eigenvalue weighted by atomic mass is 16.6. The van der Waals surface area contributed by atoms with E-state index in [-0.39, 0.29) is 28.6 Å². The summed E-state index contributed by atoms with van der Waals surface area (Å²) >= 11 is 0. The van der Waals surface area contributed by atoms with Gasteiger partial charge in [-0.3, -0.25) is 10.1 Å². The zero-order chi connectivity index (χ0) is 13.3. The van der Waals surface area contributed by atoms with Crippen molar-refractivity contribution in [2.24, 2.45) is 5.41 Å². The lowest BCUT2D eigenvalue weighted by molar-refractivity contribution is -0.385. The zero-order valence-corrected chi connectivity index (χ0v) is 10.6. The van der Waals surface area contributed by atoms with Gasteiger partial charge in [-0.05, 0) is 25.2 Å². The Balaban J connectivity index is 2.22. The van der Waals surface area contributed by atoms with E-state index in [2.05, 4.69) is 22.2 Å². The Morgan fingerprint density at radius 2 is 2.17 bits per heavy atom. The topological polar surface area (TPSA) is 107 Å². The van der Waals surface area contributed by atoms with E-state index in [9.17, 15) is 10.1 Å². The molecule has 0 saturated heterocycles. The van der Waals surface area contributed by atoms with Gasteiger partial charge in [0.15, 0.2) is 0 Å². The molecule has 1 aromatic heterocycles. The van der Waals surface area contributed by atoms with Crippen molar-refractivity contribution in [3.8, 4) is 0 Å². The first-order valence-electron chi connectivity index (χ1n) is 5.94. The Morgan fingerprint density at radius 1 is 1.50 bits per heavy atom. The van der Waals surface area contributed by atoms with E-state index in [0.717, 1.165) is 12.8 Å². The molecule has 18 heavy (non-hydrogen) atoms. The predicted molar refractivity (Wildman–Crippen MR) is 68.3 cm³/mol. The number of hydrogen-bond donors (Lipinski definition) is 2. The first-order chi connectivity index (χ1) is 8.41. The molecule has 0 aromatic carbocycles. The van der Waals surface area contributed by atoms with Gasteiger partial charge in [0.2, 0.25) is 11.8 Å². The molecular weight excluding hydrogens is 234 g/mol. The van der Waals surface area contributed by atoms with Gasteiger partial charge < -0.3 is 11.1 Å². The van der Waals surface area contributed by atoms with Crippen LogP contribution in [0.5, 0.6) is 0 Å². The van der Waals surface area contributed by atoms with Crippen LogP contribution in [0.1, 0.15) is 31.9 Å². The summed E-state index contributed by atoms with van der Waals surface area (Å²) < 4.78 is 0. The van der Waals surface area contributed by atoms with E-state index in [1.54, 1.807) is 6.92 Å². The van der Waals surface area contributed by atoms with Crippen molar-refractivity contribution in [1.29, 1.82) is 0 Å². The van der Waals surface area contributed by atoms with Gasteiger partial charge in [0, 0.05) is 6.54 Å². The number of aryl methyl sites for hydroxylation is 1. The lowest BCUT2D eigenvalue weighted by atomic mass is 9.70. The summed E-state index contributed by atoms with van der Waals surface area (Å²) in [6.07, 6.45) is 3.48. The number of nitrogen functional groups attached to an aromatic ring is 1. The molecule has 1 aliphatic rings. The molecule has 0 unspecified atom stereocenters. The molecule has 0 aliphatic heterocycles. The lowest BCUT2D eigenvalue weighted by Gasteiger charge is -2.38. The molecule has 3 N–H and O–H groups in total. The van der Waals surface area contributed by atoms with E-state index in [0.29, 0.717) is 6.54 Å². The van der Waals surface area contributed by atoms with Gasteiger partial charge >= 0.3 is 5.69 Å². The molecule has 7 nitrogen and oxygen atoms in total. The Morgan fingerprint density at radius 3 is 2.67 bits per heavy atom. The Hall–Kier alpha value is -1.92. The summed E-state index contributed by atoms with van der Waals surface area (Å²) in [5, 5.41) is 14.1. The standard InChI is InChI=1S/C11H17N5O2/c1-7-8(16(17)18)9(15-10(12)14-7)13-6-11(2)4-3-5-11/h3-6H2,1-2H3,(H3,12,13,14,15). The minimum absolute atomic E-state index is 0.0550. The van der Waals surface area contributed by atoms with E-state index in [4.69, 9.17) is 5.73 Å². The van der Waals surface area contributed by atoms with Gasteiger partial charge in [-0.1, -0.05) is 13.3 Å². The Labute approximate surface area is 105 Å². The van der Waals surface area contributed by atoms with Gasteiger partial charge in [0.25, 0.3) is 0 Å². The normalized spacial score (nSPS) is 17.0. The minimum atomic E-state index is -0.472. The Kier molecular flexibility index (Phi) is 3.06. The SMILES string of the molecule is Cc1nc(N)nc(NCC2(C)CCC2)c1[N+](=O)[O-]. The van der Waals surface area contributed by atoms with E-state index < -0.39 is 4.92 Å². The fourth-order valence-electron chi connectivity index (χ4n) is 2.18. The van der Waals surface area contributed by atoms with Crippen molar-refractivity contribution in [2.45, 2.75) is 33.1 Å². The second kappa shape index (κ2) is 4.40. The van der Waals surface area contributed by atoms with Crippen LogP contribution >= 0.6 is 0 Å². The van der Waals surface area contributed by atoms with Crippen LogP contribution in [0.2, 0.25) is 0 Å². The molecule has 0 radical (unpaired) electrons. The van der Waals surface area contributed by atoms with Crippen LogP contribution in [0.25, 0.3) is 0 Å². The number of nitro groups is 1. The van der Waals surface area contributed by atoms with Crippen molar-refractivity contribution in [3.05, 3.63) is 15.8 Å².